The fraction of sp³-hybridized carbons (Fsp3) is 0.211. The smallest absolute Gasteiger partial charge is 0.277 e. The number of aromatic nitrogens is 2. The third kappa shape index (κ3) is 4.49. The number of thioether (sulfide) groups is 1. The second kappa shape index (κ2) is 8.14. The topological polar surface area (TPSA) is 68.0 Å². The molecule has 1 amide bonds. The zero-order valence-corrected chi connectivity index (χ0v) is 15.2. The number of carbonyl (C=O) groups is 1. The van der Waals surface area contributed by atoms with Crippen LogP contribution in [0.1, 0.15) is 18.1 Å². The van der Waals surface area contributed by atoms with E-state index in [0.29, 0.717) is 17.7 Å². The summed E-state index contributed by atoms with van der Waals surface area (Å²) in [6.45, 7) is 4.07. The molecule has 0 aliphatic rings. The first-order chi connectivity index (χ1) is 12.5. The number of nitrogens with one attached hydrogen (secondary N) is 1. The lowest BCUT2D eigenvalue weighted by molar-refractivity contribution is -0.120. The Morgan fingerprint density at radius 2 is 1.92 bits per heavy atom. The summed E-state index contributed by atoms with van der Waals surface area (Å²) in [5.41, 5.74) is 2.75. The molecule has 1 unspecified atom stereocenters. The summed E-state index contributed by atoms with van der Waals surface area (Å²) in [4.78, 5) is 12.2. The molecule has 0 aliphatic carbocycles. The van der Waals surface area contributed by atoms with Gasteiger partial charge < -0.3 is 9.73 Å². The second-order valence-corrected chi connectivity index (χ2v) is 7.08. The van der Waals surface area contributed by atoms with Crippen molar-refractivity contribution in [1.82, 2.24) is 15.5 Å². The molecule has 0 aliphatic heterocycles. The Morgan fingerprint density at radius 3 is 2.65 bits per heavy atom. The molecule has 2 aromatic carbocycles. The molecule has 1 heterocycles. The van der Waals surface area contributed by atoms with Crippen LogP contribution in [0.2, 0.25) is 0 Å². The van der Waals surface area contributed by atoms with Gasteiger partial charge in [-0.25, -0.2) is 4.39 Å². The van der Waals surface area contributed by atoms with E-state index in [1.54, 1.807) is 19.1 Å². The van der Waals surface area contributed by atoms with Crippen molar-refractivity contribution < 1.29 is 13.6 Å². The summed E-state index contributed by atoms with van der Waals surface area (Å²) in [6.07, 6.45) is 0. The normalized spacial score (nSPS) is 12.0. The Balaban J connectivity index is 1.57. The van der Waals surface area contributed by atoms with Gasteiger partial charge in [0.25, 0.3) is 5.22 Å². The Bertz CT molecular complexity index is 896. The summed E-state index contributed by atoms with van der Waals surface area (Å²) in [7, 11) is 0. The lowest BCUT2D eigenvalue weighted by atomic mass is 10.1. The van der Waals surface area contributed by atoms with Crippen LogP contribution in [0, 0.1) is 12.7 Å². The van der Waals surface area contributed by atoms with Gasteiger partial charge in [-0.2, -0.15) is 0 Å². The predicted octanol–water partition coefficient (Wildman–Crippen LogP) is 3.98. The molecule has 5 nitrogen and oxygen atoms in total. The van der Waals surface area contributed by atoms with E-state index in [0.717, 1.165) is 16.7 Å². The lowest BCUT2D eigenvalue weighted by Crippen LogP contribution is -2.30. The van der Waals surface area contributed by atoms with E-state index >= 15 is 0 Å². The van der Waals surface area contributed by atoms with Gasteiger partial charge in [0.2, 0.25) is 11.8 Å². The number of aryl methyl sites for hydroxylation is 1. The number of carbonyl (C=O) groups excluding carboxylic acids is 1. The Morgan fingerprint density at radius 1 is 1.19 bits per heavy atom. The molecule has 1 N–H and O–H groups in total. The maximum absolute atomic E-state index is 12.9. The first-order valence-corrected chi connectivity index (χ1v) is 8.99. The highest BCUT2D eigenvalue weighted by Crippen LogP contribution is 2.27. The van der Waals surface area contributed by atoms with E-state index < -0.39 is 5.25 Å². The molecule has 3 aromatic rings. The minimum atomic E-state index is -0.402. The van der Waals surface area contributed by atoms with Crippen molar-refractivity contribution in [3.05, 3.63) is 65.5 Å². The van der Waals surface area contributed by atoms with E-state index in [4.69, 9.17) is 4.42 Å². The highest BCUT2D eigenvalue weighted by Gasteiger charge is 2.19. The van der Waals surface area contributed by atoms with E-state index in [1.807, 2.05) is 31.2 Å². The van der Waals surface area contributed by atoms with Gasteiger partial charge in [-0.1, -0.05) is 42.1 Å². The van der Waals surface area contributed by atoms with Crippen molar-refractivity contribution in [2.75, 3.05) is 0 Å². The largest absolute Gasteiger partial charge is 0.411 e. The summed E-state index contributed by atoms with van der Waals surface area (Å²) in [5.74, 6) is -0.0238. The molecule has 0 fully saturated rings. The van der Waals surface area contributed by atoms with Crippen molar-refractivity contribution in [2.45, 2.75) is 30.9 Å². The molecule has 26 heavy (non-hydrogen) atoms. The van der Waals surface area contributed by atoms with Crippen molar-refractivity contribution >= 4 is 17.7 Å². The van der Waals surface area contributed by atoms with Crippen LogP contribution in [-0.4, -0.2) is 21.4 Å². The molecule has 134 valence electrons. The number of hydrogen-bond donors (Lipinski definition) is 1. The maximum Gasteiger partial charge on any atom is 0.277 e. The number of amides is 1. The molecule has 0 radical (unpaired) electrons. The van der Waals surface area contributed by atoms with E-state index in [9.17, 15) is 9.18 Å². The van der Waals surface area contributed by atoms with Gasteiger partial charge in [0.15, 0.2) is 0 Å². The summed E-state index contributed by atoms with van der Waals surface area (Å²) < 4.78 is 18.6. The van der Waals surface area contributed by atoms with Crippen LogP contribution in [0.25, 0.3) is 11.5 Å². The van der Waals surface area contributed by atoms with E-state index in [1.165, 1.54) is 23.9 Å². The average molecular weight is 371 g/mol. The van der Waals surface area contributed by atoms with Crippen LogP contribution < -0.4 is 5.32 Å². The number of halogens is 1. The average Bonchev–Trinajstić information content (AvgIpc) is 3.09. The van der Waals surface area contributed by atoms with Crippen LogP contribution in [0.4, 0.5) is 4.39 Å². The Hall–Kier alpha value is -2.67. The third-order valence-corrected chi connectivity index (χ3v) is 4.74. The minimum Gasteiger partial charge on any atom is -0.411 e. The van der Waals surface area contributed by atoms with Gasteiger partial charge in [0.05, 0.1) is 5.25 Å². The zero-order valence-electron chi connectivity index (χ0n) is 14.4. The Kier molecular flexibility index (Phi) is 5.68. The van der Waals surface area contributed by atoms with Gasteiger partial charge in [-0.05, 0) is 43.2 Å². The van der Waals surface area contributed by atoms with Gasteiger partial charge in [0, 0.05) is 12.1 Å². The fourth-order valence-corrected chi connectivity index (χ4v) is 3.03. The minimum absolute atomic E-state index is 0.157. The van der Waals surface area contributed by atoms with Gasteiger partial charge in [-0.15, -0.1) is 10.2 Å². The monoisotopic (exact) mass is 371 g/mol. The number of rotatable bonds is 6. The zero-order chi connectivity index (χ0) is 18.5. The van der Waals surface area contributed by atoms with Crippen molar-refractivity contribution in [3.8, 4) is 11.5 Å². The second-order valence-electron chi connectivity index (χ2n) is 5.79. The van der Waals surface area contributed by atoms with Crippen LogP contribution in [0.15, 0.2) is 58.2 Å². The molecule has 0 saturated heterocycles. The molecule has 1 atom stereocenters. The molecular weight excluding hydrogens is 353 g/mol. The molecular formula is C19H18FN3O2S. The van der Waals surface area contributed by atoms with Gasteiger partial charge in [-0.3, -0.25) is 4.79 Å². The van der Waals surface area contributed by atoms with Crippen molar-refractivity contribution in [2.24, 2.45) is 0 Å². The first kappa shape index (κ1) is 18.1. The third-order valence-electron chi connectivity index (χ3n) is 3.81. The van der Waals surface area contributed by atoms with Crippen LogP contribution in [-0.2, 0) is 11.3 Å². The van der Waals surface area contributed by atoms with E-state index in [2.05, 4.69) is 15.5 Å². The van der Waals surface area contributed by atoms with Gasteiger partial charge >= 0.3 is 0 Å². The number of hydrogen-bond acceptors (Lipinski definition) is 5. The maximum atomic E-state index is 12.9. The van der Waals surface area contributed by atoms with Crippen LogP contribution in [0.5, 0.6) is 0 Å². The molecule has 0 spiro atoms. The van der Waals surface area contributed by atoms with Crippen molar-refractivity contribution in [1.29, 1.82) is 0 Å². The molecule has 1 aromatic heterocycles. The number of benzene rings is 2. The number of nitrogens with zero attached hydrogens (tertiary/aromatic N) is 2. The van der Waals surface area contributed by atoms with Crippen molar-refractivity contribution in [3.63, 3.8) is 0 Å². The quantitative estimate of drug-likeness (QED) is 0.664. The van der Waals surface area contributed by atoms with Crippen LogP contribution in [0.3, 0.4) is 0 Å². The SMILES string of the molecule is Cc1ccccc1-c1nnc(SC(C)C(=O)NCc2ccc(F)cc2)o1. The molecule has 0 saturated carbocycles. The van der Waals surface area contributed by atoms with Crippen LogP contribution >= 0.6 is 11.8 Å². The highest BCUT2D eigenvalue weighted by molar-refractivity contribution is 8.00. The van der Waals surface area contributed by atoms with Gasteiger partial charge in [0.1, 0.15) is 5.82 Å². The summed E-state index contributed by atoms with van der Waals surface area (Å²) in [6, 6.07) is 13.7. The molecule has 0 bridgehead atoms. The summed E-state index contributed by atoms with van der Waals surface area (Å²) >= 11 is 1.20. The first-order valence-electron chi connectivity index (χ1n) is 8.11. The predicted molar refractivity (Wildman–Crippen MR) is 98.0 cm³/mol. The van der Waals surface area contributed by atoms with E-state index in [-0.39, 0.29) is 11.7 Å². The standard InChI is InChI=1S/C19H18FN3O2S/c1-12-5-3-4-6-16(12)18-22-23-19(25-18)26-13(2)17(24)21-11-14-7-9-15(20)10-8-14/h3-10,13H,11H2,1-2H3,(H,21,24). The fourth-order valence-electron chi connectivity index (χ4n) is 2.32. The molecule has 7 heteroatoms. The molecule has 3 rings (SSSR count). The lowest BCUT2D eigenvalue weighted by Gasteiger charge is -2.09. The summed E-state index contributed by atoms with van der Waals surface area (Å²) in [5, 5.41) is 10.8. The highest BCUT2D eigenvalue weighted by atomic mass is 32.2. The Labute approximate surface area is 155 Å².